The summed E-state index contributed by atoms with van der Waals surface area (Å²) in [6.45, 7) is 5.14. The fourth-order valence-corrected chi connectivity index (χ4v) is 2.26. The largest absolute Gasteiger partial charge is 0.591 e. The predicted octanol–water partition coefficient (Wildman–Crippen LogP) is 4.23. The van der Waals surface area contributed by atoms with Crippen LogP contribution in [0.15, 0.2) is 22.6 Å². The molecule has 0 radical (unpaired) electrons. The Labute approximate surface area is 124 Å². The molecule has 2 nitrogen and oxygen atoms in total. The minimum atomic E-state index is -4.52. The van der Waals surface area contributed by atoms with Gasteiger partial charge in [-0.15, -0.1) is 0 Å². The van der Waals surface area contributed by atoms with Gasteiger partial charge in [-0.25, -0.2) is 4.39 Å². The van der Waals surface area contributed by atoms with Crippen LogP contribution in [0.4, 0.5) is 17.6 Å². The van der Waals surface area contributed by atoms with E-state index in [0.717, 1.165) is 6.07 Å². The highest BCUT2D eigenvalue weighted by Crippen LogP contribution is 2.33. The van der Waals surface area contributed by atoms with Crippen LogP contribution in [0, 0.1) is 6.92 Å². The average molecular weight is 323 g/mol. The van der Waals surface area contributed by atoms with Crippen molar-refractivity contribution in [1.29, 1.82) is 0 Å². The predicted molar refractivity (Wildman–Crippen MR) is 76.6 cm³/mol. The molecule has 0 amide bonds. The average Bonchev–Trinajstić information content (AvgIpc) is 2.33. The maximum Gasteiger partial charge on any atom is 0.416 e. The molecule has 0 aliphatic heterocycles. The van der Waals surface area contributed by atoms with Gasteiger partial charge in [0.25, 0.3) is 0 Å². The van der Waals surface area contributed by atoms with E-state index < -0.39 is 34.5 Å². The number of benzene rings is 1. The number of hydrogen-bond donors (Lipinski definition) is 0. The van der Waals surface area contributed by atoms with Crippen molar-refractivity contribution >= 4 is 17.1 Å². The molecule has 7 heteroatoms. The summed E-state index contributed by atoms with van der Waals surface area (Å²) in [6, 6.07) is 3.47. The van der Waals surface area contributed by atoms with E-state index in [9.17, 15) is 22.1 Å². The van der Waals surface area contributed by atoms with Crippen LogP contribution in [-0.2, 0) is 17.5 Å². The minimum Gasteiger partial charge on any atom is -0.591 e. The number of rotatable bonds is 3. The molecule has 0 bridgehead atoms. The summed E-state index contributed by atoms with van der Waals surface area (Å²) in [4.78, 5) is 0. The van der Waals surface area contributed by atoms with Crippen molar-refractivity contribution in [2.45, 2.75) is 38.6 Å². The molecule has 0 saturated carbocycles. The number of nitrogens with zero attached hydrogens (tertiary/aromatic N) is 1. The van der Waals surface area contributed by atoms with Crippen LogP contribution in [0.3, 0.4) is 0 Å². The Balaban J connectivity index is 3.34. The molecule has 0 aromatic heterocycles. The van der Waals surface area contributed by atoms with Crippen LogP contribution < -0.4 is 0 Å². The zero-order chi connectivity index (χ0) is 16.4. The molecule has 1 atom stereocenters. The number of hydrogen-bond acceptors (Lipinski definition) is 2. The molecule has 0 N–H and O–H groups in total. The van der Waals surface area contributed by atoms with E-state index >= 15 is 0 Å². The highest BCUT2D eigenvalue weighted by Gasteiger charge is 2.34. The molecule has 0 fully saturated rings. The first-order valence-electron chi connectivity index (χ1n) is 6.21. The molecule has 0 aliphatic rings. The van der Waals surface area contributed by atoms with Crippen LogP contribution in [0.25, 0.3) is 0 Å². The zero-order valence-electron chi connectivity index (χ0n) is 12.2. The third-order valence-corrected chi connectivity index (χ3v) is 4.23. The van der Waals surface area contributed by atoms with Crippen molar-refractivity contribution in [1.82, 2.24) is 0 Å². The zero-order valence-corrected chi connectivity index (χ0v) is 13.0. The standard InChI is InChI=1S/C14H17F4NOS/c1-9-10(6-5-7-11(9)14(16,17)18)12(8-15)19-21(20)13(2,3)4/h5-7H,8H2,1-4H3/b19-12+/t21-/m0/s1. The topological polar surface area (TPSA) is 35.4 Å². The molecule has 0 spiro atoms. The first-order valence-corrected chi connectivity index (χ1v) is 7.32. The molecule has 1 aromatic carbocycles. The second kappa shape index (κ2) is 6.36. The smallest absolute Gasteiger partial charge is 0.416 e. The van der Waals surface area contributed by atoms with Gasteiger partial charge in [0.1, 0.15) is 28.5 Å². The van der Waals surface area contributed by atoms with Crippen molar-refractivity contribution in [2.75, 3.05) is 6.67 Å². The van der Waals surface area contributed by atoms with Gasteiger partial charge in [0.05, 0.1) is 5.56 Å². The first kappa shape index (κ1) is 18.0. The van der Waals surface area contributed by atoms with Gasteiger partial charge in [0.2, 0.25) is 0 Å². The fraction of sp³-hybridized carbons (Fsp3) is 0.500. The third-order valence-electron chi connectivity index (χ3n) is 2.79. The summed E-state index contributed by atoms with van der Waals surface area (Å²) in [7, 11) is 0. The molecule has 0 unspecified atom stereocenters. The Bertz CT molecular complexity index is 535. The van der Waals surface area contributed by atoms with E-state index in [1.54, 1.807) is 20.8 Å². The van der Waals surface area contributed by atoms with Gasteiger partial charge in [-0.2, -0.15) is 13.2 Å². The Morgan fingerprint density at radius 3 is 2.24 bits per heavy atom. The van der Waals surface area contributed by atoms with Gasteiger partial charge < -0.3 is 4.55 Å². The molecule has 0 saturated heterocycles. The number of halogens is 4. The summed E-state index contributed by atoms with van der Waals surface area (Å²) in [5, 5.41) is 0. The lowest BCUT2D eigenvalue weighted by atomic mass is 9.99. The molecule has 0 heterocycles. The Morgan fingerprint density at radius 2 is 1.81 bits per heavy atom. The van der Waals surface area contributed by atoms with Crippen molar-refractivity contribution in [3.05, 3.63) is 34.9 Å². The van der Waals surface area contributed by atoms with E-state index in [0.29, 0.717) is 0 Å². The molecular weight excluding hydrogens is 306 g/mol. The van der Waals surface area contributed by atoms with Crippen molar-refractivity contribution < 1.29 is 22.1 Å². The molecule has 1 aromatic rings. The summed E-state index contributed by atoms with van der Waals surface area (Å²) in [5.74, 6) is 0. The Morgan fingerprint density at radius 1 is 1.24 bits per heavy atom. The molecule has 1 rings (SSSR count). The summed E-state index contributed by atoms with van der Waals surface area (Å²) >= 11 is -1.74. The molecular formula is C14H17F4NOS. The first-order chi connectivity index (χ1) is 9.48. The van der Waals surface area contributed by atoms with Crippen LogP contribution in [-0.4, -0.2) is 21.7 Å². The normalized spacial score (nSPS) is 15.2. The fourth-order valence-electron chi connectivity index (χ4n) is 1.64. The van der Waals surface area contributed by atoms with Crippen molar-refractivity contribution in [3.8, 4) is 0 Å². The monoisotopic (exact) mass is 323 g/mol. The molecule has 21 heavy (non-hydrogen) atoms. The quantitative estimate of drug-likeness (QED) is 0.466. The lowest BCUT2D eigenvalue weighted by Gasteiger charge is -2.20. The van der Waals surface area contributed by atoms with Crippen LogP contribution in [0.5, 0.6) is 0 Å². The van der Waals surface area contributed by atoms with Crippen molar-refractivity contribution in [2.24, 2.45) is 4.40 Å². The van der Waals surface area contributed by atoms with Gasteiger partial charge in [-0.3, -0.25) is 0 Å². The lowest BCUT2D eigenvalue weighted by molar-refractivity contribution is -0.138. The second-order valence-electron chi connectivity index (χ2n) is 5.51. The molecule has 118 valence electrons. The molecule has 0 aliphatic carbocycles. The van der Waals surface area contributed by atoms with Gasteiger partial charge in [0, 0.05) is 5.56 Å². The Kier molecular flexibility index (Phi) is 5.44. The van der Waals surface area contributed by atoms with Gasteiger partial charge in [-0.1, -0.05) is 16.5 Å². The minimum absolute atomic E-state index is 0.0323. The SMILES string of the molecule is Cc1c(/C(CF)=N/[S@@+]([O-])C(C)(C)C)cccc1C(F)(F)F. The van der Waals surface area contributed by atoms with Gasteiger partial charge in [0.15, 0.2) is 0 Å². The van der Waals surface area contributed by atoms with E-state index in [1.807, 2.05) is 0 Å². The van der Waals surface area contributed by atoms with E-state index in [4.69, 9.17) is 0 Å². The maximum absolute atomic E-state index is 13.2. The maximum atomic E-state index is 13.2. The van der Waals surface area contributed by atoms with E-state index in [2.05, 4.69) is 4.40 Å². The highest BCUT2D eigenvalue weighted by atomic mass is 32.2. The highest BCUT2D eigenvalue weighted by molar-refractivity contribution is 7.91. The van der Waals surface area contributed by atoms with E-state index in [-0.39, 0.29) is 16.8 Å². The summed E-state index contributed by atoms with van der Waals surface area (Å²) in [6.07, 6.45) is -4.52. The van der Waals surface area contributed by atoms with Gasteiger partial charge >= 0.3 is 6.18 Å². The summed E-state index contributed by atoms with van der Waals surface area (Å²) in [5.41, 5.74) is -1.16. The number of alkyl halides is 4. The van der Waals surface area contributed by atoms with Crippen LogP contribution in [0.1, 0.15) is 37.5 Å². The van der Waals surface area contributed by atoms with Gasteiger partial charge in [-0.05, 0) is 39.3 Å². The third kappa shape index (κ3) is 4.44. The van der Waals surface area contributed by atoms with Crippen molar-refractivity contribution in [3.63, 3.8) is 0 Å². The second-order valence-corrected chi connectivity index (χ2v) is 7.41. The van der Waals surface area contributed by atoms with Crippen LogP contribution >= 0.6 is 0 Å². The van der Waals surface area contributed by atoms with Crippen LogP contribution in [0.2, 0.25) is 0 Å². The summed E-state index contributed by atoms with van der Waals surface area (Å²) < 4.78 is 66.7. The lowest BCUT2D eigenvalue weighted by Crippen LogP contribution is -2.27. The Hall–Kier alpha value is -1.08. The van der Waals surface area contributed by atoms with E-state index in [1.165, 1.54) is 19.1 Å².